The summed E-state index contributed by atoms with van der Waals surface area (Å²) in [6, 6.07) is 16.8. The van der Waals surface area contributed by atoms with E-state index in [0.717, 1.165) is 16.8 Å². The summed E-state index contributed by atoms with van der Waals surface area (Å²) in [5.74, 6) is -2.06. The molecule has 3 atom stereocenters. The van der Waals surface area contributed by atoms with Crippen molar-refractivity contribution in [2.45, 2.75) is 57.5 Å². The number of halogens is 4. The minimum Gasteiger partial charge on any atom is -0.444 e. The highest BCUT2D eigenvalue weighted by atomic mass is 19.4. The highest BCUT2D eigenvalue weighted by Crippen LogP contribution is 2.48. The van der Waals surface area contributed by atoms with Crippen molar-refractivity contribution >= 4 is 17.7 Å². The Labute approximate surface area is 278 Å². The lowest BCUT2D eigenvalue weighted by molar-refractivity contribution is -0.141. The van der Waals surface area contributed by atoms with Gasteiger partial charge in [0.2, 0.25) is 0 Å². The van der Waals surface area contributed by atoms with E-state index >= 15 is 0 Å². The van der Waals surface area contributed by atoms with Crippen molar-refractivity contribution in [2.75, 3.05) is 11.9 Å². The first-order valence-corrected chi connectivity index (χ1v) is 15.2. The second kappa shape index (κ2) is 13.7. The SMILES string of the molecule is CC(C)(C)OC(=O)NCc1cccc(-n2nc(C(F)(F)F)cc2C(=O)Nc2cc(C(O)c3ccc(C#N)c(C4CC4CO)c3)ccc2F)c1. The molecule has 14 heteroatoms. The molecule has 1 aromatic heterocycles. The molecule has 0 radical (unpaired) electrons. The number of nitriles is 1. The average Bonchev–Trinajstić information content (AvgIpc) is 3.69. The summed E-state index contributed by atoms with van der Waals surface area (Å²) in [4.78, 5) is 25.5. The smallest absolute Gasteiger partial charge is 0.435 e. The number of amides is 2. The van der Waals surface area contributed by atoms with Gasteiger partial charge in [0.15, 0.2) is 5.69 Å². The van der Waals surface area contributed by atoms with E-state index in [1.54, 1.807) is 45.0 Å². The molecule has 2 amide bonds. The van der Waals surface area contributed by atoms with Crippen LogP contribution in [0.15, 0.2) is 66.7 Å². The van der Waals surface area contributed by atoms with Gasteiger partial charge in [-0.2, -0.15) is 23.5 Å². The Morgan fingerprint density at radius 1 is 1.08 bits per heavy atom. The van der Waals surface area contributed by atoms with Crippen molar-refractivity contribution in [3.8, 4) is 11.8 Å². The molecule has 1 heterocycles. The maximum absolute atomic E-state index is 15.0. The molecule has 0 aliphatic heterocycles. The van der Waals surface area contributed by atoms with Gasteiger partial charge in [-0.15, -0.1) is 0 Å². The fourth-order valence-corrected chi connectivity index (χ4v) is 5.34. The zero-order valence-corrected chi connectivity index (χ0v) is 26.7. The van der Waals surface area contributed by atoms with E-state index in [0.29, 0.717) is 34.7 Å². The molecule has 49 heavy (non-hydrogen) atoms. The molecule has 0 bridgehead atoms. The van der Waals surface area contributed by atoms with Crippen molar-refractivity contribution in [1.82, 2.24) is 15.1 Å². The second-order valence-corrected chi connectivity index (χ2v) is 12.7. The Balaban J connectivity index is 1.41. The van der Waals surface area contributed by atoms with Crippen LogP contribution in [0.25, 0.3) is 5.69 Å². The lowest BCUT2D eigenvalue weighted by atomic mass is 9.94. The van der Waals surface area contributed by atoms with Crippen LogP contribution in [-0.2, 0) is 17.5 Å². The monoisotopic (exact) mass is 679 g/mol. The minimum atomic E-state index is -4.91. The first-order chi connectivity index (χ1) is 23.1. The molecule has 3 aromatic carbocycles. The third-order valence-corrected chi connectivity index (χ3v) is 7.85. The van der Waals surface area contributed by atoms with Crippen molar-refractivity contribution in [2.24, 2.45) is 5.92 Å². The third kappa shape index (κ3) is 8.25. The van der Waals surface area contributed by atoms with Gasteiger partial charge in [0.25, 0.3) is 5.91 Å². The van der Waals surface area contributed by atoms with Crippen molar-refractivity contribution < 1.29 is 42.1 Å². The number of alkyl halides is 3. The van der Waals surface area contributed by atoms with E-state index in [4.69, 9.17) is 4.74 Å². The van der Waals surface area contributed by atoms with Crippen LogP contribution in [0.1, 0.15) is 83.2 Å². The normalized spacial score (nSPS) is 16.4. The number of anilines is 1. The standard InChI is InChI=1S/C35H33F4N5O5/c1-34(2,3)49-33(48)41-17-19-5-4-6-24(11-19)44-29(15-30(43-44)35(37,38)39)32(47)42-28-14-21(9-10-27(28)36)31(46)20-7-8-22(16-40)25(12-20)26-13-23(26)18-45/h4-12,14-15,23,26,31,45-46H,13,17-18H2,1-3H3,(H,41,48)(H,42,47). The Morgan fingerprint density at radius 3 is 2.45 bits per heavy atom. The number of nitrogens with one attached hydrogen (secondary N) is 2. The summed E-state index contributed by atoms with van der Waals surface area (Å²) in [5, 5.41) is 38.7. The number of aromatic nitrogens is 2. The lowest BCUT2D eigenvalue weighted by Gasteiger charge is -2.19. The number of ether oxygens (including phenoxy) is 1. The van der Waals surface area contributed by atoms with Crippen LogP contribution in [0.4, 0.5) is 28.0 Å². The van der Waals surface area contributed by atoms with Gasteiger partial charge >= 0.3 is 12.3 Å². The van der Waals surface area contributed by atoms with Crippen LogP contribution in [0.5, 0.6) is 0 Å². The number of alkyl carbamates (subject to hydrolysis) is 1. The largest absolute Gasteiger partial charge is 0.444 e. The Morgan fingerprint density at radius 2 is 1.80 bits per heavy atom. The molecule has 1 aliphatic rings. The van der Waals surface area contributed by atoms with Gasteiger partial charge < -0.3 is 25.6 Å². The second-order valence-electron chi connectivity index (χ2n) is 12.7. The van der Waals surface area contributed by atoms with Crippen LogP contribution < -0.4 is 10.6 Å². The van der Waals surface area contributed by atoms with Crippen molar-refractivity contribution in [3.63, 3.8) is 0 Å². The number of nitrogens with zero attached hydrogens (tertiary/aromatic N) is 3. The molecule has 1 aliphatic carbocycles. The van der Waals surface area contributed by atoms with E-state index in [1.165, 1.54) is 24.3 Å². The molecule has 0 spiro atoms. The van der Waals surface area contributed by atoms with Gasteiger partial charge in [0, 0.05) is 19.2 Å². The Hall–Kier alpha value is -5.26. The molecule has 10 nitrogen and oxygen atoms in total. The molecular weight excluding hydrogens is 646 g/mol. The number of hydrogen-bond acceptors (Lipinski definition) is 7. The minimum absolute atomic E-state index is 0.00908. The fraction of sp³-hybridized carbons (Fsp3) is 0.314. The number of benzene rings is 3. The van der Waals surface area contributed by atoms with Crippen molar-refractivity contribution in [1.29, 1.82) is 5.26 Å². The maximum Gasteiger partial charge on any atom is 0.435 e. The van der Waals surface area contributed by atoms with Gasteiger partial charge in [-0.1, -0.05) is 30.3 Å². The molecule has 4 N–H and O–H groups in total. The number of hydrogen-bond donors (Lipinski definition) is 4. The average molecular weight is 680 g/mol. The predicted octanol–water partition coefficient (Wildman–Crippen LogP) is 6.36. The summed E-state index contributed by atoms with van der Waals surface area (Å²) in [6.07, 6.45) is -6.24. The molecule has 3 unspecified atom stereocenters. The van der Waals surface area contributed by atoms with Crippen LogP contribution in [0, 0.1) is 23.1 Å². The molecule has 5 rings (SSSR count). The highest BCUT2D eigenvalue weighted by molar-refractivity contribution is 6.03. The van der Waals surface area contributed by atoms with Crippen LogP contribution >= 0.6 is 0 Å². The van der Waals surface area contributed by atoms with Gasteiger partial charge in [0.05, 0.1) is 23.0 Å². The van der Waals surface area contributed by atoms with E-state index in [1.807, 2.05) is 0 Å². The van der Waals surface area contributed by atoms with Crippen LogP contribution in [0.2, 0.25) is 0 Å². The topological polar surface area (TPSA) is 150 Å². The number of carbonyl (C=O) groups excluding carboxylic acids is 2. The number of aliphatic hydroxyl groups is 2. The summed E-state index contributed by atoms with van der Waals surface area (Å²) in [5.41, 5.74) is -0.930. The molecule has 1 fully saturated rings. The van der Waals surface area contributed by atoms with E-state index in [2.05, 4.69) is 21.8 Å². The number of rotatable bonds is 9. The summed E-state index contributed by atoms with van der Waals surface area (Å²) < 4.78 is 62.2. The van der Waals surface area contributed by atoms with Crippen molar-refractivity contribution in [3.05, 3.63) is 112 Å². The zero-order valence-electron chi connectivity index (χ0n) is 26.7. The fourth-order valence-electron chi connectivity index (χ4n) is 5.34. The molecule has 256 valence electrons. The Kier molecular flexibility index (Phi) is 9.80. The van der Waals surface area contributed by atoms with E-state index in [9.17, 15) is 42.6 Å². The van der Waals surface area contributed by atoms with E-state index < -0.39 is 52.8 Å². The number of carbonyl (C=O) groups is 2. The summed E-state index contributed by atoms with van der Waals surface area (Å²) in [7, 11) is 0. The summed E-state index contributed by atoms with van der Waals surface area (Å²) in [6.45, 7) is 4.99. The molecule has 0 saturated heterocycles. The zero-order chi connectivity index (χ0) is 35.7. The molecule has 4 aromatic rings. The number of aliphatic hydroxyl groups excluding tert-OH is 2. The predicted molar refractivity (Wildman–Crippen MR) is 169 cm³/mol. The van der Waals surface area contributed by atoms with Gasteiger partial charge in [-0.05, 0) is 91.6 Å². The van der Waals surface area contributed by atoms with Gasteiger partial charge in [-0.25, -0.2) is 13.9 Å². The first-order valence-electron chi connectivity index (χ1n) is 15.2. The molecule has 1 saturated carbocycles. The lowest BCUT2D eigenvalue weighted by Crippen LogP contribution is -2.32. The Bertz CT molecular complexity index is 1930. The van der Waals surface area contributed by atoms with Gasteiger partial charge in [-0.3, -0.25) is 4.79 Å². The van der Waals surface area contributed by atoms with Crippen LogP contribution in [0.3, 0.4) is 0 Å². The first kappa shape index (κ1) is 35.1. The van der Waals surface area contributed by atoms with Gasteiger partial charge in [0.1, 0.15) is 23.2 Å². The molecular formula is C35H33F4N5O5. The summed E-state index contributed by atoms with van der Waals surface area (Å²) >= 11 is 0. The van der Waals surface area contributed by atoms with Crippen LogP contribution in [-0.4, -0.2) is 44.2 Å². The van der Waals surface area contributed by atoms with E-state index in [-0.39, 0.29) is 36.2 Å². The quantitative estimate of drug-likeness (QED) is 0.151. The highest BCUT2D eigenvalue weighted by Gasteiger charge is 2.39. The third-order valence-electron chi connectivity index (χ3n) is 7.85. The maximum atomic E-state index is 15.0.